The number of hydrogen-bond acceptors (Lipinski definition) is 4. The Hall–Kier alpha value is -1.68. The van der Waals surface area contributed by atoms with Crippen molar-refractivity contribution in [1.29, 1.82) is 0 Å². The smallest absolute Gasteiger partial charge is 0.138 e. The van der Waals surface area contributed by atoms with Crippen molar-refractivity contribution in [2.75, 3.05) is 11.9 Å². The average Bonchev–Trinajstić information content (AvgIpc) is 2.40. The van der Waals surface area contributed by atoms with Crippen LogP contribution in [0, 0.1) is 13.8 Å². The van der Waals surface area contributed by atoms with Crippen LogP contribution in [0.3, 0.4) is 0 Å². The molecule has 0 atom stereocenters. The van der Waals surface area contributed by atoms with Gasteiger partial charge in [0.2, 0.25) is 0 Å². The second kappa shape index (κ2) is 6.66. The second-order valence-electron chi connectivity index (χ2n) is 4.73. The third kappa shape index (κ3) is 3.67. The molecular weight excluding hydrogens is 272 g/mol. The molecule has 0 radical (unpaired) electrons. The lowest BCUT2D eigenvalue weighted by molar-refractivity contribution is 0.943. The molecule has 2 aromatic rings. The van der Waals surface area contributed by atoms with E-state index in [0.717, 1.165) is 36.5 Å². The zero-order valence-electron chi connectivity index (χ0n) is 12.1. The van der Waals surface area contributed by atoms with Crippen LogP contribution >= 0.6 is 11.6 Å². The van der Waals surface area contributed by atoms with E-state index in [1.165, 1.54) is 5.56 Å². The van der Waals surface area contributed by atoms with Crippen molar-refractivity contribution in [3.05, 3.63) is 46.1 Å². The highest BCUT2D eigenvalue weighted by atomic mass is 35.5. The Morgan fingerprint density at radius 1 is 1.20 bits per heavy atom. The zero-order chi connectivity index (χ0) is 14.5. The van der Waals surface area contributed by atoms with Crippen molar-refractivity contribution in [2.24, 2.45) is 0 Å². The normalized spacial score (nSPS) is 10.6. The van der Waals surface area contributed by atoms with Crippen LogP contribution in [-0.4, -0.2) is 21.5 Å². The molecule has 0 aliphatic heterocycles. The molecule has 20 heavy (non-hydrogen) atoms. The lowest BCUT2D eigenvalue weighted by atomic mass is 10.2. The van der Waals surface area contributed by atoms with Gasteiger partial charge in [-0.2, -0.15) is 0 Å². The van der Waals surface area contributed by atoms with Crippen molar-refractivity contribution in [3.8, 4) is 0 Å². The lowest BCUT2D eigenvalue weighted by Crippen LogP contribution is -2.10. The van der Waals surface area contributed by atoms with E-state index in [-0.39, 0.29) is 0 Å². The summed E-state index contributed by atoms with van der Waals surface area (Å²) in [5, 5.41) is 3.89. The van der Waals surface area contributed by atoms with E-state index in [0.29, 0.717) is 11.0 Å². The van der Waals surface area contributed by atoms with Crippen molar-refractivity contribution in [2.45, 2.75) is 33.6 Å². The van der Waals surface area contributed by atoms with Gasteiger partial charge in [-0.15, -0.1) is 0 Å². The van der Waals surface area contributed by atoms with E-state index < -0.39 is 0 Å². The standard InChI is InChI=1S/C15H19ClN4/c1-4-13-14(16)19-11(3)20-15(13)17-8-7-12-6-5-10(2)18-9-12/h5-6,9H,4,7-8H2,1-3H3,(H,17,19,20). The van der Waals surface area contributed by atoms with E-state index >= 15 is 0 Å². The zero-order valence-corrected chi connectivity index (χ0v) is 12.8. The van der Waals surface area contributed by atoms with Crippen LogP contribution in [0.4, 0.5) is 5.82 Å². The number of halogens is 1. The van der Waals surface area contributed by atoms with Crippen molar-refractivity contribution in [1.82, 2.24) is 15.0 Å². The van der Waals surface area contributed by atoms with Gasteiger partial charge in [-0.3, -0.25) is 4.98 Å². The van der Waals surface area contributed by atoms with Crippen LogP contribution in [0.25, 0.3) is 0 Å². The largest absolute Gasteiger partial charge is 0.369 e. The van der Waals surface area contributed by atoms with Gasteiger partial charge in [0, 0.05) is 24.0 Å². The van der Waals surface area contributed by atoms with Crippen LogP contribution < -0.4 is 5.32 Å². The Morgan fingerprint density at radius 3 is 2.65 bits per heavy atom. The molecule has 0 spiro atoms. The molecule has 2 aromatic heterocycles. The quantitative estimate of drug-likeness (QED) is 0.858. The number of aromatic nitrogens is 3. The Labute approximate surface area is 124 Å². The van der Waals surface area contributed by atoms with Gasteiger partial charge in [-0.05, 0) is 38.3 Å². The molecule has 0 unspecified atom stereocenters. The minimum absolute atomic E-state index is 0.541. The highest BCUT2D eigenvalue weighted by Gasteiger charge is 2.09. The molecule has 2 rings (SSSR count). The SMILES string of the molecule is CCc1c(Cl)nc(C)nc1NCCc1ccc(C)nc1. The monoisotopic (exact) mass is 290 g/mol. The highest BCUT2D eigenvalue weighted by Crippen LogP contribution is 2.21. The first-order valence-electron chi connectivity index (χ1n) is 6.78. The van der Waals surface area contributed by atoms with Crippen LogP contribution in [0.15, 0.2) is 18.3 Å². The maximum Gasteiger partial charge on any atom is 0.138 e. The molecule has 0 aromatic carbocycles. The van der Waals surface area contributed by atoms with Gasteiger partial charge in [-0.1, -0.05) is 24.6 Å². The van der Waals surface area contributed by atoms with E-state index in [9.17, 15) is 0 Å². The van der Waals surface area contributed by atoms with Crippen LogP contribution in [0.5, 0.6) is 0 Å². The number of pyridine rings is 1. The first kappa shape index (κ1) is 14.7. The van der Waals surface area contributed by atoms with Crippen molar-refractivity contribution >= 4 is 17.4 Å². The fraction of sp³-hybridized carbons (Fsp3) is 0.400. The fourth-order valence-corrected chi connectivity index (χ4v) is 2.34. The summed E-state index contributed by atoms with van der Waals surface area (Å²) in [7, 11) is 0. The summed E-state index contributed by atoms with van der Waals surface area (Å²) >= 11 is 6.15. The minimum Gasteiger partial charge on any atom is -0.369 e. The predicted octanol–water partition coefficient (Wildman–Crippen LogP) is 3.36. The van der Waals surface area contributed by atoms with E-state index in [1.54, 1.807) is 0 Å². The summed E-state index contributed by atoms with van der Waals surface area (Å²) in [6.45, 7) is 6.68. The Balaban J connectivity index is 2.02. The molecular formula is C15H19ClN4. The van der Waals surface area contributed by atoms with Crippen LogP contribution in [0.2, 0.25) is 5.15 Å². The van der Waals surface area contributed by atoms with E-state index in [1.807, 2.05) is 26.1 Å². The summed E-state index contributed by atoms with van der Waals surface area (Å²) in [4.78, 5) is 12.9. The molecule has 0 bridgehead atoms. The minimum atomic E-state index is 0.541. The first-order chi connectivity index (χ1) is 9.60. The number of nitrogens with zero attached hydrogens (tertiary/aromatic N) is 3. The molecule has 0 aliphatic rings. The van der Waals surface area contributed by atoms with Gasteiger partial charge in [0.1, 0.15) is 16.8 Å². The van der Waals surface area contributed by atoms with E-state index in [4.69, 9.17) is 11.6 Å². The maximum absolute atomic E-state index is 6.15. The molecule has 0 fully saturated rings. The highest BCUT2D eigenvalue weighted by molar-refractivity contribution is 6.30. The number of aryl methyl sites for hydroxylation is 2. The summed E-state index contributed by atoms with van der Waals surface area (Å²) in [5.74, 6) is 1.52. The van der Waals surface area contributed by atoms with Crippen molar-refractivity contribution < 1.29 is 0 Å². The Bertz CT molecular complexity index is 581. The Morgan fingerprint density at radius 2 is 2.00 bits per heavy atom. The van der Waals surface area contributed by atoms with Crippen LogP contribution in [-0.2, 0) is 12.8 Å². The molecule has 0 saturated heterocycles. The first-order valence-corrected chi connectivity index (χ1v) is 7.16. The molecule has 2 heterocycles. The summed E-state index contributed by atoms with van der Waals surface area (Å²) in [6.07, 6.45) is 3.63. The average molecular weight is 291 g/mol. The maximum atomic E-state index is 6.15. The Kier molecular flexibility index (Phi) is 4.90. The number of anilines is 1. The van der Waals surface area contributed by atoms with Gasteiger partial charge in [0.25, 0.3) is 0 Å². The molecule has 106 valence electrons. The second-order valence-corrected chi connectivity index (χ2v) is 5.08. The summed E-state index contributed by atoms with van der Waals surface area (Å²) in [6, 6.07) is 4.13. The van der Waals surface area contributed by atoms with Gasteiger partial charge in [0.15, 0.2) is 0 Å². The van der Waals surface area contributed by atoms with Gasteiger partial charge >= 0.3 is 0 Å². The lowest BCUT2D eigenvalue weighted by Gasteiger charge is -2.11. The third-order valence-corrected chi connectivity index (χ3v) is 3.41. The summed E-state index contributed by atoms with van der Waals surface area (Å²) in [5.41, 5.74) is 3.21. The third-order valence-electron chi connectivity index (χ3n) is 3.10. The molecule has 0 saturated carbocycles. The van der Waals surface area contributed by atoms with Gasteiger partial charge < -0.3 is 5.32 Å². The van der Waals surface area contributed by atoms with E-state index in [2.05, 4.69) is 33.3 Å². The molecule has 0 aliphatic carbocycles. The molecule has 0 amide bonds. The topological polar surface area (TPSA) is 50.7 Å². The van der Waals surface area contributed by atoms with Crippen molar-refractivity contribution in [3.63, 3.8) is 0 Å². The predicted molar refractivity (Wildman–Crippen MR) is 82.3 cm³/mol. The fourth-order valence-electron chi connectivity index (χ4n) is 1.99. The van der Waals surface area contributed by atoms with Gasteiger partial charge in [0.05, 0.1) is 0 Å². The number of nitrogens with one attached hydrogen (secondary N) is 1. The molecule has 4 nitrogen and oxygen atoms in total. The molecule has 1 N–H and O–H groups in total. The number of rotatable bonds is 5. The number of hydrogen-bond donors (Lipinski definition) is 1. The summed E-state index contributed by atoms with van der Waals surface area (Å²) < 4.78 is 0. The van der Waals surface area contributed by atoms with Crippen LogP contribution in [0.1, 0.15) is 29.6 Å². The van der Waals surface area contributed by atoms with Gasteiger partial charge in [-0.25, -0.2) is 9.97 Å². The molecule has 5 heteroatoms.